The van der Waals surface area contributed by atoms with Crippen LogP contribution >= 0.6 is 11.6 Å². The number of hydrogen-bond donors (Lipinski definition) is 2. The molecule has 0 amide bonds. The zero-order valence-corrected chi connectivity index (χ0v) is 12.6. The lowest BCUT2D eigenvalue weighted by Gasteiger charge is -2.26. The lowest BCUT2D eigenvalue weighted by atomic mass is 9.85. The zero-order valence-electron chi connectivity index (χ0n) is 11.8. The molecular formula is C15H22ClN3. The van der Waals surface area contributed by atoms with Gasteiger partial charge in [0.25, 0.3) is 0 Å². The van der Waals surface area contributed by atoms with Gasteiger partial charge in [0.2, 0.25) is 0 Å². The highest BCUT2D eigenvalue weighted by atomic mass is 35.5. The quantitative estimate of drug-likeness (QED) is 0.494. The number of guanidine groups is 1. The Kier molecular flexibility index (Phi) is 5.90. The molecule has 19 heavy (non-hydrogen) atoms. The molecule has 0 aliphatic rings. The number of nitrogens with zero attached hydrogens (tertiary/aromatic N) is 1. The van der Waals surface area contributed by atoms with Gasteiger partial charge >= 0.3 is 0 Å². The third-order valence-electron chi connectivity index (χ3n) is 2.96. The van der Waals surface area contributed by atoms with E-state index in [-0.39, 0.29) is 5.41 Å². The number of benzene rings is 1. The van der Waals surface area contributed by atoms with Crippen molar-refractivity contribution in [2.24, 2.45) is 4.99 Å². The molecule has 1 rings (SSSR count). The summed E-state index contributed by atoms with van der Waals surface area (Å²) in [5.74, 6) is 0.780. The van der Waals surface area contributed by atoms with Gasteiger partial charge in [-0.15, -0.1) is 6.58 Å². The number of nitrogens with one attached hydrogen (secondary N) is 2. The van der Waals surface area contributed by atoms with Crippen molar-refractivity contribution in [3.05, 3.63) is 47.5 Å². The zero-order chi connectivity index (χ0) is 14.3. The molecule has 3 nitrogen and oxygen atoms in total. The molecule has 1 aromatic carbocycles. The smallest absolute Gasteiger partial charge is 0.191 e. The van der Waals surface area contributed by atoms with Gasteiger partial charge in [0.15, 0.2) is 5.96 Å². The fourth-order valence-electron chi connectivity index (χ4n) is 1.70. The Morgan fingerprint density at radius 2 is 1.95 bits per heavy atom. The van der Waals surface area contributed by atoms with Gasteiger partial charge in [-0.05, 0) is 17.7 Å². The monoisotopic (exact) mass is 279 g/mol. The van der Waals surface area contributed by atoms with E-state index in [0.717, 1.165) is 17.5 Å². The molecule has 0 heterocycles. The van der Waals surface area contributed by atoms with Crippen molar-refractivity contribution in [3.63, 3.8) is 0 Å². The molecule has 0 bridgehead atoms. The Morgan fingerprint density at radius 3 is 2.47 bits per heavy atom. The lowest BCUT2D eigenvalue weighted by molar-refractivity contribution is 0.509. The predicted octanol–water partition coefficient (Wildman–Crippen LogP) is 2.97. The van der Waals surface area contributed by atoms with Crippen molar-refractivity contribution in [1.29, 1.82) is 0 Å². The first-order chi connectivity index (χ1) is 8.99. The van der Waals surface area contributed by atoms with Crippen molar-refractivity contribution in [2.45, 2.75) is 19.3 Å². The molecule has 104 valence electrons. The van der Waals surface area contributed by atoms with Gasteiger partial charge in [-0.2, -0.15) is 0 Å². The summed E-state index contributed by atoms with van der Waals surface area (Å²) in [5.41, 5.74) is 1.24. The summed E-state index contributed by atoms with van der Waals surface area (Å²) < 4.78 is 0. The maximum Gasteiger partial charge on any atom is 0.191 e. The van der Waals surface area contributed by atoms with E-state index in [9.17, 15) is 0 Å². The van der Waals surface area contributed by atoms with Crippen molar-refractivity contribution in [3.8, 4) is 0 Å². The molecule has 0 aliphatic carbocycles. The van der Waals surface area contributed by atoms with Crippen LogP contribution < -0.4 is 10.6 Å². The van der Waals surface area contributed by atoms with E-state index in [0.29, 0.717) is 6.54 Å². The second-order valence-corrected chi connectivity index (χ2v) is 5.42. The molecule has 2 N–H and O–H groups in total. The first kappa shape index (κ1) is 15.6. The van der Waals surface area contributed by atoms with Crippen LogP contribution in [0.1, 0.15) is 19.4 Å². The van der Waals surface area contributed by atoms with Crippen molar-refractivity contribution in [1.82, 2.24) is 10.6 Å². The first-order valence-electron chi connectivity index (χ1n) is 6.31. The highest BCUT2D eigenvalue weighted by Gasteiger charge is 2.20. The highest BCUT2D eigenvalue weighted by molar-refractivity contribution is 6.30. The molecule has 0 spiro atoms. The van der Waals surface area contributed by atoms with Crippen LogP contribution in [0, 0.1) is 0 Å². The van der Waals surface area contributed by atoms with Crippen molar-refractivity contribution < 1.29 is 0 Å². The van der Waals surface area contributed by atoms with E-state index in [1.165, 1.54) is 5.56 Å². The number of aliphatic imine (C=N–C) groups is 1. The Hall–Kier alpha value is -1.48. The summed E-state index contributed by atoms with van der Waals surface area (Å²) >= 11 is 5.91. The third-order valence-corrected chi connectivity index (χ3v) is 3.21. The maximum atomic E-state index is 5.91. The first-order valence-corrected chi connectivity index (χ1v) is 6.69. The van der Waals surface area contributed by atoms with Crippen LogP contribution in [-0.4, -0.2) is 26.1 Å². The standard InChI is InChI=1S/C15H22ClN3/c1-5-10-18-14(17-4)19-11-15(2,3)12-6-8-13(16)9-7-12/h5-9H,1,10-11H2,2-4H3,(H2,17,18,19). The molecule has 0 saturated heterocycles. The minimum Gasteiger partial charge on any atom is -0.356 e. The van der Waals surface area contributed by atoms with Crippen LogP contribution in [0.15, 0.2) is 41.9 Å². The molecule has 0 unspecified atom stereocenters. The summed E-state index contributed by atoms with van der Waals surface area (Å²) in [4.78, 5) is 4.16. The van der Waals surface area contributed by atoms with Crippen LogP contribution in [-0.2, 0) is 5.41 Å². The van der Waals surface area contributed by atoms with E-state index in [2.05, 4.69) is 48.2 Å². The van der Waals surface area contributed by atoms with Crippen LogP contribution in [0.3, 0.4) is 0 Å². The summed E-state index contributed by atoms with van der Waals surface area (Å²) in [6.07, 6.45) is 1.80. The molecule has 1 aromatic rings. The lowest BCUT2D eigenvalue weighted by Crippen LogP contribution is -2.43. The number of hydrogen-bond acceptors (Lipinski definition) is 1. The van der Waals surface area contributed by atoms with Crippen LogP contribution in [0.25, 0.3) is 0 Å². The Balaban J connectivity index is 2.63. The second-order valence-electron chi connectivity index (χ2n) is 4.99. The molecular weight excluding hydrogens is 258 g/mol. The van der Waals surface area contributed by atoms with E-state index < -0.39 is 0 Å². The van der Waals surface area contributed by atoms with E-state index in [1.807, 2.05) is 12.1 Å². The number of halogens is 1. The second kappa shape index (κ2) is 7.19. The fourth-order valence-corrected chi connectivity index (χ4v) is 1.82. The molecule has 0 radical (unpaired) electrons. The Morgan fingerprint density at radius 1 is 1.32 bits per heavy atom. The summed E-state index contributed by atoms with van der Waals surface area (Å²) in [6.45, 7) is 9.52. The topological polar surface area (TPSA) is 36.4 Å². The van der Waals surface area contributed by atoms with Gasteiger partial charge in [-0.3, -0.25) is 4.99 Å². The molecule has 0 saturated carbocycles. The van der Waals surface area contributed by atoms with E-state index in [1.54, 1.807) is 13.1 Å². The summed E-state index contributed by atoms with van der Waals surface area (Å²) in [6, 6.07) is 7.96. The van der Waals surface area contributed by atoms with Crippen LogP contribution in [0.5, 0.6) is 0 Å². The fraction of sp³-hybridized carbons (Fsp3) is 0.400. The summed E-state index contributed by atoms with van der Waals surface area (Å²) in [5, 5.41) is 7.23. The van der Waals surface area contributed by atoms with Gasteiger partial charge < -0.3 is 10.6 Å². The highest BCUT2D eigenvalue weighted by Crippen LogP contribution is 2.23. The third kappa shape index (κ3) is 4.95. The average Bonchev–Trinajstić information content (AvgIpc) is 2.39. The molecule has 0 fully saturated rings. The normalized spacial score (nSPS) is 12.1. The van der Waals surface area contributed by atoms with Gasteiger partial charge in [-0.1, -0.05) is 43.7 Å². The average molecular weight is 280 g/mol. The Labute approximate surface area is 120 Å². The van der Waals surface area contributed by atoms with Gasteiger partial charge in [0.1, 0.15) is 0 Å². The molecule has 0 atom stereocenters. The molecule has 0 aliphatic heterocycles. The SMILES string of the molecule is C=CCNC(=NC)NCC(C)(C)c1ccc(Cl)cc1. The van der Waals surface area contributed by atoms with Gasteiger partial charge in [0, 0.05) is 30.6 Å². The van der Waals surface area contributed by atoms with E-state index >= 15 is 0 Å². The maximum absolute atomic E-state index is 5.91. The number of rotatable bonds is 5. The van der Waals surface area contributed by atoms with Crippen LogP contribution in [0.2, 0.25) is 5.02 Å². The van der Waals surface area contributed by atoms with Gasteiger partial charge in [0.05, 0.1) is 0 Å². The van der Waals surface area contributed by atoms with Gasteiger partial charge in [-0.25, -0.2) is 0 Å². The minimum atomic E-state index is -0.00358. The molecule has 0 aromatic heterocycles. The van der Waals surface area contributed by atoms with Crippen LogP contribution in [0.4, 0.5) is 0 Å². The predicted molar refractivity (Wildman–Crippen MR) is 84.0 cm³/mol. The minimum absolute atomic E-state index is 0.00358. The van der Waals surface area contributed by atoms with Crippen molar-refractivity contribution >= 4 is 17.6 Å². The van der Waals surface area contributed by atoms with E-state index in [4.69, 9.17) is 11.6 Å². The molecule has 4 heteroatoms. The largest absolute Gasteiger partial charge is 0.356 e. The van der Waals surface area contributed by atoms with Crippen molar-refractivity contribution in [2.75, 3.05) is 20.1 Å². The Bertz CT molecular complexity index is 435. The summed E-state index contributed by atoms with van der Waals surface area (Å²) in [7, 11) is 1.76.